The molecule has 1 fully saturated rings. The quantitative estimate of drug-likeness (QED) is 0.644. The molecule has 3 aromatic rings. The number of nitrogens with zero attached hydrogens (tertiary/aromatic N) is 4. The van der Waals surface area contributed by atoms with Crippen molar-refractivity contribution in [2.75, 3.05) is 39.5 Å². The van der Waals surface area contributed by atoms with Crippen LogP contribution in [0.5, 0.6) is 5.75 Å². The summed E-state index contributed by atoms with van der Waals surface area (Å²) in [5, 5.41) is 0. The summed E-state index contributed by atoms with van der Waals surface area (Å²) < 4.78 is 7.90. The van der Waals surface area contributed by atoms with Gasteiger partial charge in [-0.3, -0.25) is 4.90 Å². The number of hydrogen-bond donors (Lipinski definition) is 1. The normalized spacial score (nSPS) is 15.9. The largest absolute Gasteiger partial charge is 0.494 e. The topological polar surface area (TPSA) is 59.0 Å². The summed E-state index contributed by atoms with van der Waals surface area (Å²) >= 11 is 0. The van der Waals surface area contributed by atoms with E-state index in [1.165, 1.54) is 18.5 Å². The number of ether oxygens (including phenoxy) is 1. The number of rotatable bonds is 7. The summed E-state index contributed by atoms with van der Waals surface area (Å²) in [5.41, 5.74) is 11.1. The lowest BCUT2D eigenvalue weighted by molar-refractivity contribution is 0.138. The van der Waals surface area contributed by atoms with Gasteiger partial charge < -0.3 is 19.8 Å². The minimum Gasteiger partial charge on any atom is -0.494 e. The maximum Gasteiger partial charge on any atom is 0.137 e. The van der Waals surface area contributed by atoms with Crippen LogP contribution in [-0.4, -0.2) is 59.0 Å². The predicted octanol–water partition coefficient (Wildman–Crippen LogP) is 3.90. The van der Waals surface area contributed by atoms with Gasteiger partial charge in [0.15, 0.2) is 0 Å². The number of benzene rings is 1. The maximum atomic E-state index is 6.11. The molecule has 1 aliphatic rings. The zero-order valence-corrected chi connectivity index (χ0v) is 18.3. The molecule has 0 saturated carbocycles. The molecule has 3 heterocycles. The van der Waals surface area contributed by atoms with Crippen LogP contribution in [0.25, 0.3) is 16.9 Å². The highest BCUT2D eigenvalue weighted by atomic mass is 16.5. The first-order valence-electron chi connectivity index (χ1n) is 10.9. The van der Waals surface area contributed by atoms with Crippen LogP contribution in [0, 0.1) is 0 Å². The van der Waals surface area contributed by atoms with Crippen LogP contribution in [-0.2, 0) is 6.54 Å². The van der Waals surface area contributed by atoms with Crippen molar-refractivity contribution in [2.45, 2.75) is 38.8 Å². The Morgan fingerprint density at radius 3 is 2.57 bits per heavy atom. The lowest BCUT2D eigenvalue weighted by Crippen LogP contribution is -2.41. The molecule has 2 aromatic heterocycles. The Kier molecular flexibility index (Phi) is 6.25. The zero-order chi connectivity index (χ0) is 21.1. The second-order valence-corrected chi connectivity index (χ2v) is 8.42. The molecule has 0 spiro atoms. The Morgan fingerprint density at radius 1 is 1.13 bits per heavy atom. The van der Waals surface area contributed by atoms with Gasteiger partial charge >= 0.3 is 0 Å². The molecule has 1 aliphatic heterocycles. The van der Waals surface area contributed by atoms with Crippen molar-refractivity contribution in [1.29, 1.82) is 0 Å². The van der Waals surface area contributed by atoms with Gasteiger partial charge in [-0.25, -0.2) is 4.98 Å². The van der Waals surface area contributed by atoms with Gasteiger partial charge in [-0.05, 0) is 82.8 Å². The number of anilines is 1. The van der Waals surface area contributed by atoms with Crippen LogP contribution in [0.15, 0.2) is 42.6 Å². The Hall–Kier alpha value is -2.57. The molecule has 4 rings (SSSR count). The molecular weight excluding hydrogens is 374 g/mol. The minimum atomic E-state index is 0.588. The molecule has 0 aliphatic carbocycles. The lowest BCUT2D eigenvalue weighted by atomic mass is 10.0. The smallest absolute Gasteiger partial charge is 0.137 e. The van der Waals surface area contributed by atoms with E-state index in [0.717, 1.165) is 61.0 Å². The molecule has 6 nitrogen and oxygen atoms in total. The number of piperidine rings is 1. The number of aromatic nitrogens is 2. The van der Waals surface area contributed by atoms with Crippen LogP contribution < -0.4 is 10.5 Å². The average molecular weight is 408 g/mol. The highest BCUT2D eigenvalue weighted by molar-refractivity contribution is 5.68. The van der Waals surface area contributed by atoms with Gasteiger partial charge in [-0.15, -0.1) is 0 Å². The number of pyridine rings is 1. The van der Waals surface area contributed by atoms with Crippen LogP contribution in [0.2, 0.25) is 0 Å². The van der Waals surface area contributed by atoms with Gasteiger partial charge in [0.1, 0.15) is 11.4 Å². The molecular formula is C24H33N5O. The van der Waals surface area contributed by atoms with E-state index in [0.29, 0.717) is 6.04 Å². The van der Waals surface area contributed by atoms with E-state index >= 15 is 0 Å². The van der Waals surface area contributed by atoms with Crippen molar-refractivity contribution >= 4 is 11.3 Å². The first kappa shape index (κ1) is 20.7. The number of nitrogens with two attached hydrogens (primary N) is 1. The van der Waals surface area contributed by atoms with E-state index in [1.807, 2.05) is 30.5 Å². The summed E-state index contributed by atoms with van der Waals surface area (Å²) in [4.78, 5) is 9.84. The van der Waals surface area contributed by atoms with Gasteiger partial charge in [-0.1, -0.05) is 6.92 Å². The second-order valence-electron chi connectivity index (χ2n) is 8.42. The Balaban J connectivity index is 1.65. The van der Waals surface area contributed by atoms with Crippen molar-refractivity contribution < 1.29 is 4.74 Å². The van der Waals surface area contributed by atoms with Crippen molar-refractivity contribution in [3.63, 3.8) is 0 Å². The summed E-state index contributed by atoms with van der Waals surface area (Å²) in [6.07, 6.45) is 5.39. The van der Waals surface area contributed by atoms with Crippen molar-refractivity contribution in [3.8, 4) is 17.0 Å². The van der Waals surface area contributed by atoms with E-state index in [2.05, 4.69) is 47.4 Å². The molecule has 2 N–H and O–H groups in total. The fourth-order valence-corrected chi connectivity index (χ4v) is 4.22. The van der Waals surface area contributed by atoms with Crippen LogP contribution in [0.4, 0.5) is 5.69 Å². The standard InChI is InChI=1S/C24H33N5O/c1-4-15-30-21-8-5-18(6-9-21)24-22(29-16-19(25)7-10-23(29)26-24)17-28(3)20-11-13-27(2)14-12-20/h5-10,16,20H,4,11-15,17,25H2,1-3H3. The van der Waals surface area contributed by atoms with E-state index in [4.69, 9.17) is 15.5 Å². The van der Waals surface area contributed by atoms with Crippen molar-refractivity contribution in [1.82, 2.24) is 19.2 Å². The fourth-order valence-electron chi connectivity index (χ4n) is 4.22. The van der Waals surface area contributed by atoms with Crippen LogP contribution >= 0.6 is 0 Å². The molecule has 1 saturated heterocycles. The number of hydrogen-bond acceptors (Lipinski definition) is 5. The molecule has 1 aromatic carbocycles. The third-order valence-electron chi connectivity index (χ3n) is 6.05. The molecule has 0 atom stereocenters. The van der Waals surface area contributed by atoms with Crippen molar-refractivity contribution in [3.05, 3.63) is 48.3 Å². The highest BCUT2D eigenvalue weighted by Gasteiger charge is 2.23. The molecule has 0 bridgehead atoms. The van der Waals surface area contributed by atoms with E-state index in [1.54, 1.807) is 0 Å². The number of imidazole rings is 1. The van der Waals surface area contributed by atoms with Gasteiger partial charge in [0, 0.05) is 30.0 Å². The van der Waals surface area contributed by atoms with Gasteiger partial charge in [-0.2, -0.15) is 0 Å². The van der Waals surface area contributed by atoms with Gasteiger partial charge in [0.05, 0.1) is 18.0 Å². The second kappa shape index (κ2) is 9.06. The highest BCUT2D eigenvalue weighted by Crippen LogP contribution is 2.29. The first-order valence-corrected chi connectivity index (χ1v) is 10.9. The SMILES string of the molecule is CCCOc1ccc(-c2nc3ccc(N)cn3c2CN(C)C2CCN(C)CC2)cc1. The van der Waals surface area contributed by atoms with Gasteiger partial charge in [0.2, 0.25) is 0 Å². The fraction of sp³-hybridized carbons (Fsp3) is 0.458. The molecule has 0 radical (unpaired) electrons. The number of nitrogen functional groups attached to an aromatic ring is 1. The summed E-state index contributed by atoms with van der Waals surface area (Å²) in [7, 11) is 4.43. The van der Waals surface area contributed by atoms with E-state index in [9.17, 15) is 0 Å². The zero-order valence-electron chi connectivity index (χ0n) is 18.3. The molecule has 6 heteroatoms. The monoisotopic (exact) mass is 407 g/mol. The summed E-state index contributed by atoms with van der Waals surface area (Å²) in [6.45, 7) is 5.99. The van der Waals surface area contributed by atoms with Gasteiger partial charge in [0.25, 0.3) is 0 Å². The van der Waals surface area contributed by atoms with E-state index < -0.39 is 0 Å². The number of fused-ring (bicyclic) bond motifs is 1. The molecule has 0 unspecified atom stereocenters. The maximum absolute atomic E-state index is 6.11. The lowest BCUT2D eigenvalue weighted by Gasteiger charge is -2.35. The Morgan fingerprint density at radius 2 is 1.87 bits per heavy atom. The van der Waals surface area contributed by atoms with Crippen molar-refractivity contribution in [2.24, 2.45) is 0 Å². The van der Waals surface area contributed by atoms with Crippen LogP contribution in [0.1, 0.15) is 31.9 Å². The Bertz CT molecular complexity index is 973. The van der Waals surface area contributed by atoms with Crippen LogP contribution in [0.3, 0.4) is 0 Å². The molecule has 160 valence electrons. The first-order chi connectivity index (χ1) is 14.5. The summed E-state index contributed by atoms with van der Waals surface area (Å²) in [6, 6.07) is 12.8. The molecule has 30 heavy (non-hydrogen) atoms. The Labute approximate surface area is 179 Å². The third kappa shape index (κ3) is 4.45. The third-order valence-corrected chi connectivity index (χ3v) is 6.05. The summed E-state index contributed by atoms with van der Waals surface area (Å²) in [5.74, 6) is 0.901. The molecule has 0 amide bonds. The minimum absolute atomic E-state index is 0.588. The van der Waals surface area contributed by atoms with E-state index in [-0.39, 0.29) is 0 Å². The average Bonchev–Trinajstić information content (AvgIpc) is 3.10. The number of likely N-dealkylation sites (tertiary alicyclic amines) is 1. The predicted molar refractivity (Wildman–Crippen MR) is 123 cm³/mol.